The van der Waals surface area contributed by atoms with Crippen molar-refractivity contribution in [1.82, 2.24) is 5.32 Å². The summed E-state index contributed by atoms with van der Waals surface area (Å²) in [6, 6.07) is 3.73. The van der Waals surface area contributed by atoms with E-state index in [2.05, 4.69) is 10.6 Å². The molecule has 1 fully saturated rings. The fourth-order valence-electron chi connectivity index (χ4n) is 2.38. The molecule has 0 bridgehead atoms. The molecule has 5 nitrogen and oxygen atoms in total. The molecule has 104 valence electrons. The van der Waals surface area contributed by atoms with E-state index in [1.54, 1.807) is 6.07 Å². The van der Waals surface area contributed by atoms with Crippen LogP contribution in [-0.2, 0) is 0 Å². The number of halogens is 1. The van der Waals surface area contributed by atoms with Crippen LogP contribution >= 0.6 is 11.6 Å². The molecule has 0 amide bonds. The molecule has 1 atom stereocenters. The molecule has 1 saturated heterocycles. The molecule has 1 aliphatic rings. The van der Waals surface area contributed by atoms with Crippen LogP contribution in [-0.4, -0.2) is 24.1 Å². The second-order valence-corrected chi connectivity index (χ2v) is 5.29. The molecule has 1 heterocycles. The van der Waals surface area contributed by atoms with Crippen molar-refractivity contribution in [3.05, 3.63) is 32.8 Å². The minimum Gasteiger partial charge on any atom is -0.385 e. The van der Waals surface area contributed by atoms with E-state index in [0.29, 0.717) is 6.04 Å². The van der Waals surface area contributed by atoms with Crippen molar-refractivity contribution in [1.29, 1.82) is 0 Å². The van der Waals surface area contributed by atoms with Crippen LogP contribution < -0.4 is 10.6 Å². The number of benzene rings is 1. The molecule has 1 aromatic rings. The summed E-state index contributed by atoms with van der Waals surface area (Å²) in [5.41, 5.74) is 1.67. The van der Waals surface area contributed by atoms with Gasteiger partial charge in [0.05, 0.1) is 4.92 Å². The molecule has 2 N–H and O–H groups in total. The van der Waals surface area contributed by atoms with Gasteiger partial charge in [-0.3, -0.25) is 10.1 Å². The van der Waals surface area contributed by atoms with Crippen molar-refractivity contribution in [2.45, 2.75) is 32.2 Å². The summed E-state index contributed by atoms with van der Waals surface area (Å²) in [6.45, 7) is 3.79. The SMILES string of the molecule is Cc1cc([N+](=O)[O-])c(Cl)cc1NCC[C@H]1CCCN1. The highest BCUT2D eigenvalue weighted by Gasteiger charge is 2.16. The third-order valence-electron chi connectivity index (χ3n) is 3.46. The quantitative estimate of drug-likeness (QED) is 0.644. The number of hydrogen-bond acceptors (Lipinski definition) is 4. The Hall–Kier alpha value is -1.33. The van der Waals surface area contributed by atoms with Gasteiger partial charge in [-0.2, -0.15) is 0 Å². The van der Waals surface area contributed by atoms with Gasteiger partial charge >= 0.3 is 0 Å². The summed E-state index contributed by atoms with van der Waals surface area (Å²) < 4.78 is 0. The number of nitro groups is 1. The monoisotopic (exact) mass is 283 g/mol. The topological polar surface area (TPSA) is 67.2 Å². The number of nitro benzene ring substituents is 1. The molecule has 6 heteroatoms. The van der Waals surface area contributed by atoms with Crippen LogP contribution in [0.4, 0.5) is 11.4 Å². The Morgan fingerprint density at radius 3 is 3.00 bits per heavy atom. The normalized spacial score (nSPS) is 18.5. The van der Waals surface area contributed by atoms with Crippen molar-refractivity contribution in [2.24, 2.45) is 0 Å². The zero-order valence-corrected chi connectivity index (χ0v) is 11.7. The number of rotatable bonds is 5. The van der Waals surface area contributed by atoms with Crippen LogP contribution in [0.5, 0.6) is 0 Å². The lowest BCUT2D eigenvalue weighted by atomic mass is 10.1. The summed E-state index contributed by atoms with van der Waals surface area (Å²) in [5, 5.41) is 17.7. The molecule has 0 aromatic heterocycles. The van der Waals surface area contributed by atoms with E-state index < -0.39 is 4.92 Å². The molecule has 0 aliphatic carbocycles. The third kappa shape index (κ3) is 3.58. The van der Waals surface area contributed by atoms with Crippen LogP contribution in [0.25, 0.3) is 0 Å². The molecule has 0 saturated carbocycles. The highest BCUT2D eigenvalue weighted by molar-refractivity contribution is 6.33. The third-order valence-corrected chi connectivity index (χ3v) is 3.76. The summed E-state index contributed by atoms with van der Waals surface area (Å²) in [4.78, 5) is 10.3. The lowest BCUT2D eigenvalue weighted by Gasteiger charge is -2.13. The zero-order valence-electron chi connectivity index (χ0n) is 10.9. The van der Waals surface area contributed by atoms with Gasteiger partial charge in [0.25, 0.3) is 5.69 Å². The lowest BCUT2D eigenvalue weighted by Crippen LogP contribution is -2.24. The molecule has 1 aliphatic heterocycles. The Bertz CT molecular complexity index is 473. The van der Waals surface area contributed by atoms with Gasteiger partial charge < -0.3 is 10.6 Å². The Morgan fingerprint density at radius 2 is 2.37 bits per heavy atom. The largest absolute Gasteiger partial charge is 0.385 e. The van der Waals surface area contributed by atoms with Gasteiger partial charge in [-0.05, 0) is 44.4 Å². The average Bonchev–Trinajstić information content (AvgIpc) is 2.85. The van der Waals surface area contributed by atoms with Crippen LogP contribution in [0.15, 0.2) is 12.1 Å². The fourth-order valence-corrected chi connectivity index (χ4v) is 2.61. The van der Waals surface area contributed by atoms with E-state index in [0.717, 1.165) is 30.8 Å². The van der Waals surface area contributed by atoms with Crippen molar-refractivity contribution in [3.8, 4) is 0 Å². The maximum absolute atomic E-state index is 10.8. The Labute approximate surface area is 117 Å². The smallest absolute Gasteiger partial charge is 0.288 e. The summed E-state index contributed by atoms with van der Waals surface area (Å²) in [5.74, 6) is 0. The van der Waals surface area contributed by atoms with Crippen molar-refractivity contribution < 1.29 is 4.92 Å². The first kappa shape index (κ1) is 14.1. The van der Waals surface area contributed by atoms with E-state index in [9.17, 15) is 10.1 Å². The van der Waals surface area contributed by atoms with Gasteiger partial charge in [-0.1, -0.05) is 11.6 Å². The number of nitrogens with one attached hydrogen (secondary N) is 2. The fraction of sp³-hybridized carbons (Fsp3) is 0.538. The number of nitrogens with zero attached hydrogens (tertiary/aromatic N) is 1. The van der Waals surface area contributed by atoms with Crippen LogP contribution in [0.1, 0.15) is 24.8 Å². The molecular weight excluding hydrogens is 266 g/mol. The van der Waals surface area contributed by atoms with Gasteiger partial charge in [0.15, 0.2) is 0 Å². The second-order valence-electron chi connectivity index (χ2n) is 4.88. The predicted molar refractivity (Wildman–Crippen MR) is 77.0 cm³/mol. The molecule has 19 heavy (non-hydrogen) atoms. The van der Waals surface area contributed by atoms with Gasteiger partial charge in [-0.15, -0.1) is 0 Å². The first-order valence-electron chi connectivity index (χ1n) is 6.49. The summed E-state index contributed by atoms with van der Waals surface area (Å²) >= 11 is 5.91. The maximum atomic E-state index is 10.8. The second kappa shape index (κ2) is 6.21. The average molecular weight is 284 g/mol. The highest BCUT2D eigenvalue weighted by atomic mass is 35.5. The first-order valence-corrected chi connectivity index (χ1v) is 6.87. The summed E-state index contributed by atoms with van der Waals surface area (Å²) in [7, 11) is 0. The number of anilines is 1. The van der Waals surface area contributed by atoms with Crippen LogP contribution in [0.3, 0.4) is 0 Å². The molecular formula is C13H18ClN3O2. The maximum Gasteiger partial charge on any atom is 0.288 e. The molecule has 0 unspecified atom stereocenters. The van der Waals surface area contributed by atoms with Gasteiger partial charge in [0, 0.05) is 24.3 Å². The van der Waals surface area contributed by atoms with Crippen molar-refractivity contribution >= 4 is 23.0 Å². The van der Waals surface area contributed by atoms with Gasteiger partial charge in [-0.25, -0.2) is 0 Å². The van der Waals surface area contributed by atoms with E-state index in [-0.39, 0.29) is 10.7 Å². The van der Waals surface area contributed by atoms with Gasteiger partial charge in [0.1, 0.15) is 5.02 Å². The van der Waals surface area contributed by atoms with Crippen molar-refractivity contribution in [2.75, 3.05) is 18.4 Å². The van der Waals surface area contributed by atoms with E-state index >= 15 is 0 Å². The molecule has 0 radical (unpaired) electrons. The highest BCUT2D eigenvalue weighted by Crippen LogP contribution is 2.30. The Balaban J connectivity index is 1.96. The summed E-state index contributed by atoms with van der Waals surface area (Å²) in [6.07, 6.45) is 3.52. The van der Waals surface area contributed by atoms with Crippen LogP contribution in [0, 0.1) is 17.0 Å². The minimum absolute atomic E-state index is 0.0397. The standard InChI is InChI=1S/C13H18ClN3O2/c1-9-7-13(17(18)19)11(14)8-12(9)16-6-4-10-3-2-5-15-10/h7-8,10,15-16H,2-6H2,1H3/t10-/m1/s1. The molecule has 1 aromatic carbocycles. The number of hydrogen-bond donors (Lipinski definition) is 2. The van der Waals surface area contributed by atoms with Gasteiger partial charge in [0.2, 0.25) is 0 Å². The van der Waals surface area contributed by atoms with Crippen LogP contribution in [0.2, 0.25) is 5.02 Å². The lowest BCUT2D eigenvalue weighted by molar-refractivity contribution is -0.384. The molecule has 0 spiro atoms. The van der Waals surface area contributed by atoms with E-state index in [1.165, 1.54) is 18.9 Å². The Kier molecular flexibility index (Phi) is 4.61. The number of aryl methyl sites for hydroxylation is 1. The Morgan fingerprint density at radius 1 is 1.58 bits per heavy atom. The first-order chi connectivity index (χ1) is 9.08. The van der Waals surface area contributed by atoms with Crippen molar-refractivity contribution in [3.63, 3.8) is 0 Å². The van der Waals surface area contributed by atoms with E-state index in [1.807, 2.05) is 6.92 Å². The van der Waals surface area contributed by atoms with E-state index in [4.69, 9.17) is 11.6 Å². The molecule has 2 rings (SSSR count). The minimum atomic E-state index is -0.457. The zero-order chi connectivity index (χ0) is 13.8. The predicted octanol–water partition coefficient (Wildman–Crippen LogP) is 3.11.